The van der Waals surface area contributed by atoms with Crippen LogP contribution in [0.2, 0.25) is 0 Å². The summed E-state index contributed by atoms with van der Waals surface area (Å²) in [4.78, 5) is 0. The van der Waals surface area contributed by atoms with Crippen molar-refractivity contribution in [2.75, 3.05) is 18.5 Å². The second-order valence-corrected chi connectivity index (χ2v) is 6.34. The molecule has 0 bridgehead atoms. The Bertz CT molecular complexity index is 470. The molecule has 1 aromatic rings. The molecule has 0 radical (unpaired) electrons. The van der Waals surface area contributed by atoms with Crippen molar-refractivity contribution in [2.24, 2.45) is 5.41 Å². The largest absolute Gasteiger partial charge is 0.494 e. The van der Waals surface area contributed by atoms with E-state index in [1.54, 1.807) is 0 Å². The van der Waals surface area contributed by atoms with E-state index in [-0.39, 0.29) is 0 Å². The molecule has 2 aliphatic rings. The first-order valence-corrected chi connectivity index (χ1v) is 8.39. The fraction of sp³-hybridized carbons (Fsp3) is 0.667. The normalized spacial score (nSPS) is 26.0. The van der Waals surface area contributed by atoms with Crippen LogP contribution in [0.15, 0.2) is 24.3 Å². The van der Waals surface area contributed by atoms with Crippen molar-refractivity contribution >= 4 is 5.69 Å². The van der Waals surface area contributed by atoms with Gasteiger partial charge in [0.25, 0.3) is 0 Å². The van der Waals surface area contributed by atoms with Crippen LogP contribution in [0.1, 0.15) is 46.0 Å². The van der Waals surface area contributed by atoms with Gasteiger partial charge in [-0.15, -0.1) is 0 Å². The maximum absolute atomic E-state index is 5.92. The summed E-state index contributed by atoms with van der Waals surface area (Å²) in [6.45, 7) is 5.84. The van der Waals surface area contributed by atoms with Crippen molar-refractivity contribution in [1.29, 1.82) is 0 Å². The Morgan fingerprint density at radius 3 is 2.81 bits per heavy atom. The summed E-state index contributed by atoms with van der Waals surface area (Å²) < 4.78 is 11.6. The third kappa shape index (κ3) is 2.76. The Hall–Kier alpha value is -1.22. The fourth-order valence-electron chi connectivity index (χ4n) is 3.74. The van der Waals surface area contributed by atoms with Crippen LogP contribution in [0.5, 0.6) is 5.75 Å². The lowest BCUT2D eigenvalue weighted by molar-refractivity contribution is -0.157. The van der Waals surface area contributed by atoms with Crippen LogP contribution in [-0.2, 0) is 4.74 Å². The van der Waals surface area contributed by atoms with E-state index in [0.29, 0.717) is 17.6 Å². The molecule has 2 aliphatic carbocycles. The van der Waals surface area contributed by atoms with Crippen LogP contribution in [0.3, 0.4) is 0 Å². The Morgan fingerprint density at radius 1 is 1.29 bits per heavy atom. The number of rotatable bonds is 7. The second-order valence-electron chi connectivity index (χ2n) is 6.34. The molecule has 2 atom stereocenters. The van der Waals surface area contributed by atoms with Crippen LogP contribution >= 0.6 is 0 Å². The van der Waals surface area contributed by atoms with Gasteiger partial charge in [0.15, 0.2) is 0 Å². The van der Waals surface area contributed by atoms with Crippen LogP contribution in [-0.4, -0.2) is 25.4 Å². The third-order valence-electron chi connectivity index (χ3n) is 5.09. The monoisotopic (exact) mass is 289 g/mol. The molecule has 2 saturated carbocycles. The highest BCUT2D eigenvalue weighted by molar-refractivity contribution is 5.50. The van der Waals surface area contributed by atoms with Crippen molar-refractivity contribution < 1.29 is 9.47 Å². The van der Waals surface area contributed by atoms with E-state index >= 15 is 0 Å². The topological polar surface area (TPSA) is 30.5 Å². The highest BCUT2D eigenvalue weighted by Gasteiger charge is 2.58. The predicted octanol–water partition coefficient (Wildman–Crippen LogP) is 4.24. The Balaban J connectivity index is 1.62. The minimum atomic E-state index is 0.399. The van der Waals surface area contributed by atoms with Gasteiger partial charge in [-0.1, -0.05) is 19.4 Å². The summed E-state index contributed by atoms with van der Waals surface area (Å²) in [6.07, 6.45) is 6.60. The number of anilines is 1. The van der Waals surface area contributed by atoms with Gasteiger partial charge in [0.2, 0.25) is 0 Å². The molecule has 0 aliphatic heterocycles. The molecule has 1 spiro atoms. The van der Waals surface area contributed by atoms with Gasteiger partial charge in [0.05, 0.1) is 12.7 Å². The molecule has 0 heterocycles. The summed E-state index contributed by atoms with van der Waals surface area (Å²) in [6, 6.07) is 8.92. The van der Waals surface area contributed by atoms with Gasteiger partial charge in [-0.25, -0.2) is 0 Å². The Labute approximate surface area is 128 Å². The van der Waals surface area contributed by atoms with Crippen LogP contribution in [0, 0.1) is 5.41 Å². The van der Waals surface area contributed by atoms with Gasteiger partial charge >= 0.3 is 0 Å². The first-order chi connectivity index (χ1) is 10.3. The van der Waals surface area contributed by atoms with Crippen molar-refractivity contribution in [1.82, 2.24) is 0 Å². The number of benzene rings is 1. The van der Waals surface area contributed by atoms with Gasteiger partial charge in [0.1, 0.15) is 5.75 Å². The molecule has 3 rings (SSSR count). The van der Waals surface area contributed by atoms with E-state index < -0.39 is 0 Å². The van der Waals surface area contributed by atoms with Crippen LogP contribution in [0.25, 0.3) is 0 Å². The predicted molar refractivity (Wildman–Crippen MR) is 86.0 cm³/mol. The summed E-state index contributed by atoms with van der Waals surface area (Å²) in [5.74, 6) is 0.963. The second kappa shape index (κ2) is 6.27. The van der Waals surface area contributed by atoms with Crippen molar-refractivity contribution in [3.63, 3.8) is 0 Å². The minimum Gasteiger partial charge on any atom is -0.494 e. The zero-order valence-electron chi connectivity index (χ0n) is 13.2. The molecule has 0 saturated heterocycles. The molecule has 2 fully saturated rings. The first kappa shape index (κ1) is 14.7. The fourth-order valence-corrected chi connectivity index (χ4v) is 3.74. The number of nitrogens with one attached hydrogen (secondary N) is 1. The minimum absolute atomic E-state index is 0.399. The lowest BCUT2D eigenvalue weighted by Crippen LogP contribution is -2.64. The SMILES string of the molecule is CCCOc1cccc(NC2CC(OCC)C23CCC3)c1. The molecule has 1 aromatic carbocycles. The van der Waals surface area contributed by atoms with E-state index in [2.05, 4.69) is 37.4 Å². The van der Waals surface area contributed by atoms with Crippen molar-refractivity contribution in [2.45, 2.75) is 58.1 Å². The quantitative estimate of drug-likeness (QED) is 0.814. The Kier molecular flexibility index (Phi) is 4.39. The molecule has 1 N–H and O–H groups in total. The zero-order valence-corrected chi connectivity index (χ0v) is 13.2. The molecular formula is C18H27NO2. The Morgan fingerprint density at radius 2 is 2.14 bits per heavy atom. The van der Waals surface area contributed by atoms with Gasteiger partial charge in [-0.2, -0.15) is 0 Å². The van der Waals surface area contributed by atoms with Gasteiger partial charge in [-0.05, 0) is 44.7 Å². The molecule has 2 unspecified atom stereocenters. The lowest BCUT2D eigenvalue weighted by atomic mass is 9.51. The zero-order chi connectivity index (χ0) is 14.7. The standard InChI is InChI=1S/C18H27NO2/c1-3-11-21-15-8-5-7-14(12-15)19-16-13-17(20-4-2)18(16)9-6-10-18/h5,7-8,12,16-17,19H,3-4,6,9-11,13H2,1-2H3. The van der Waals surface area contributed by atoms with Crippen molar-refractivity contribution in [3.8, 4) is 5.75 Å². The van der Waals surface area contributed by atoms with E-state index in [1.165, 1.54) is 24.9 Å². The lowest BCUT2D eigenvalue weighted by Gasteiger charge is -2.61. The summed E-state index contributed by atoms with van der Waals surface area (Å²) in [5.41, 5.74) is 1.57. The van der Waals surface area contributed by atoms with Gasteiger partial charge < -0.3 is 14.8 Å². The van der Waals surface area contributed by atoms with E-state index in [9.17, 15) is 0 Å². The maximum Gasteiger partial charge on any atom is 0.121 e. The average molecular weight is 289 g/mol. The maximum atomic E-state index is 5.92. The van der Waals surface area contributed by atoms with Gasteiger partial charge in [0, 0.05) is 29.8 Å². The highest BCUT2D eigenvalue weighted by atomic mass is 16.5. The summed E-state index contributed by atoms with van der Waals surface area (Å²) >= 11 is 0. The van der Waals surface area contributed by atoms with Crippen LogP contribution < -0.4 is 10.1 Å². The molecule has 0 aromatic heterocycles. The highest BCUT2D eigenvalue weighted by Crippen LogP contribution is 2.58. The summed E-state index contributed by atoms with van der Waals surface area (Å²) in [7, 11) is 0. The molecule has 21 heavy (non-hydrogen) atoms. The molecule has 116 valence electrons. The number of hydrogen-bond donors (Lipinski definition) is 1. The molecule has 3 nitrogen and oxygen atoms in total. The van der Waals surface area contributed by atoms with Crippen molar-refractivity contribution in [3.05, 3.63) is 24.3 Å². The molecule has 0 amide bonds. The van der Waals surface area contributed by atoms with Gasteiger partial charge in [-0.3, -0.25) is 0 Å². The summed E-state index contributed by atoms with van der Waals surface area (Å²) in [5, 5.41) is 3.72. The molecular weight excluding hydrogens is 262 g/mol. The number of hydrogen-bond acceptors (Lipinski definition) is 3. The average Bonchev–Trinajstić information content (AvgIpc) is 2.42. The van der Waals surface area contributed by atoms with Crippen LogP contribution in [0.4, 0.5) is 5.69 Å². The first-order valence-electron chi connectivity index (χ1n) is 8.39. The van der Waals surface area contributed by atoms with E-state index in [4.69, 9.17) is 9.47 Å². The van der Waals surface area contributed by atoms with E-state index in [1.807, 2.05) is 6.07 Å². The smallest absolute Gasteiger partial charge is 0.121 e. The number of ether oxygens (including phenoxy) is 2. The third-order valence-corrected chi connectivity index (χ3v) is 5.09. The van der Waals surface area contributed by atoms with E-state index in [0.717, 1.165) is 31.8 Å². The molecule has 3 heteroatoms.